The summed E-state index contributed by atoms with van der Waals surface area (Å²) in [7, 11) is 0. The van der Waals surface area contributed by atoms with Gasteiger partial charge in [0.15, 0.2) is 4.77 Å². The maximum Gasteiger partial charge on any atom is 0.264 e. The van der Waals surface area contributed by atoms with Gasteiger partial charge in [0.1, 0.15) is 5.56 Å². The standard InChI is InChI=1S/C19H17N3O2S/c1-12-6-5-8-14(10-12)20-11-15-17(23)21-19(25)22(18(15)24)16-9-4-3-7-13(16)2/h3-11,24H,1-2H3,(H,21,23,25). The number of rotatable bonds is 3. The van der Waals surface area contributed by atoms with Crippen molar-refractivity contribution in [1.29, 1.82) is 0 Å². The van der Waals surface area contributed by atoms with Crippen LogP contribution < -0.4 is 5.56 Å². The van der Waals surface area contributed by atoms with Crippen LogP contribution >= 0.6 is 12.2 Å². The minimum absolute atomic E-state index is 0.0540. The van der Waals surface area contributed by atoms with E-state index in [1.807, 2.05) is 62.4 Å². The average Bonchev–Trinajstić information content (AvgIpc) is 2.56. The van der Waals surface area contributed by atoms with Crippen molar-refractivity contribution >= 4 is 24.1 Å². The fourth-order valence-corrected chi connectivity index (χ4v) is 2.82. The number of hydrogen-bond acceptors (Lipinski definition) is 4. The third-order valence-corrected chi connectivity index (χ3v) is 4.11. The minimum atomic E-state index is -0.483. The highest BCUT2D eigenvalue weighted by molar-refractivity contribution is 7.71. The summed E-state index contributed by atoms with van der Waals surface area (Å²) >= 11 is 5.23. The van der Waals surface area contributed by atoms with E-state index in [-0.39, 0.29) is 16.2 Å². The summed E-state index contributed by atoms with van der Waals surface area (Å²) in [6.07, 6.45) is 1.35. The van der Waals surface area contributed by atoms with E-state index in [0.717, 1.165) is 11.1 Å². The van der Waals surface area contributed by atoms with Crippen LogP contribution in [0.2, 0.25) is 0 Å². The molecule has 0 spiro atoms. The van der Waals surface area contributed by atoms with Crippen molar-refractivity contribution in [1.82, 2.24) is 9.55 Å². The number of H-pyrrole nitrogens is 1. The molecule has 0 amide bonds. The largest absolute Gasteiger partial charge is 0.494 e. The number of para-hydroxylation sites is 1. The molecular formula is C19H17N3O2S. The van der Waals surface area contributed by atoms with Crippen molar-refractivity contribution in [2.75, 3.05) is 0 Å². The molecule has 3 aromatic rings. The van der Waals surface area contributed by atoms with Crippen LogP contribution in [0.3, 0.4) is 0 Å². The first-order valence-corrected chi connectivity index (χ1v) is 8.13. The van der Waals surface area contributed by atoms with Gasteiger partial charge in [-0.1, -0.05) is 30.3 Å². The van der Waals surface area contributed by atoms with E-state index in [1.165, 1.54) is 10.8 Å². The quantitative estimate of drug-likeness (QED) is 0.554. The fourth-order valence-electron chi connectivity index (χ4n) is 2.54. The number of aromatic nitrogens is 2. The first kappa shape index (κ1) is 16.9. The Balaban J connectivity index is 2.16. The first-order chi connectivity index (χ1) is 12.0. The molecule has 0 aliphatic rings. The van der Waals surface area contributed by atoms with Gasteiger partial charge in [-0.05, 0) is 55.4 Å². The van der Waals surface area contributed by atoms with E-state index < -0.39 is 5.56 Å². The Hall–Kier alpha value is -2.99. The fraction of sp³-hybridized carbons (Fsp3) is 0.105. The van der Waals surface area contributed by atoms with Crippen molar-refractivity contribution in [2.45, 2.75) is 13.8 Å². The van der Waals surface area contributed by atoms with Gasteiger partial charge in [-0.3, -0.25) is 19.3 Å². The van der Waals surface area contributed by atoms with E-state index in [2.05, 4.69) is 9.98 Å². The van der Waals surface area contributed by atoms with Gasteiger partial charge in [0.2, 0.25) is 5.88 Å². The molecule has 2 aromatic carbocycles. The Morgan fingerprint density at radius 1 is 1.16 bits per heavy atom. The lowest BCUT2D eigenvalue weighted by Gasteiger charge is -2.13. The van der Waals surface area contributed by atoms with Gasteiger partial charge in [0, 0.05) is 6.21 Å². The lowest BCUT2D eigenvalue weighted by Crippen LogP contribution is -2.18. The van der Waals surface area contributed by atoms with E-state index in [0.29, 0.717) is 11.4 Å². The number of hydrogen-bond donors (Lipinski definition) is 2. The van der Waals surface area contributed by atoms with E-state index in [1.54, 1.807) is 0 Å². The highest BCUT2D eigenvalue weighted by Crippen LogP contribution is 2.22. The number of aliphatic imine (C=N–C) groups is 1. The molecule has 3 rings (SSSR count). The molecule has 0 aliphatic carbocycles. The molecule has 1 heterocycles. The summed E-state index contributed by atoms with van der Waals surface area (Å²) in [6, 6.07) is 15.0. The van der Waals surface area contributed by atoms with Gasteiger partial charge >= 0.3 is 0 Å². The summed E-state index contributed by atoms with van der Waals surface area (Å²) in [6.45, 7) is 3.86. The molecule has 0 atom stereocenters. The van der Waals surface area contributed by atoms with Gasteiger partial charge < -0.3 is 5.11 Å². The Kier molecular flexibility index (Phi) is 4.63. The normalized spacial score (nSPS) is 11.1. The molecule has 0 bridgehead atoms. The Labute approximate surface area is 149 Å². The molecular weight excluding hydrogens is 334 g/mol. The second-order valence-corrected chi connectivity index (χ2v) is 6.10. The Morgan fingerprint density at radius 3 is 2.64 bits per heavy atom. The van der Waals surface area contributed by atoms with Crippen molar-refractivity contribution in [3.05, 3.63) is 80.3 Å². The van der Waals surface area contributed by atoms with Gasteiger partial charge in [-0.15, -0.1) is 0 Å². The number of nitrogens with one attached hydrogen (secondary N) is 1. The predicted molar refractivity (Wildman–Crippen MR) is 102 cm³/mol. The molecule has 0 radical (unpaired) electrons. The molecule has 0 saturated carbocycles. The number of aryl methyl sites for hydroxylation is 2. The topological polar surface area (TPSA) is 70.4 Å². The molecule has 0 aliphatic heterocycles. The molecule has 2 N–H and O–H groups in total. The van der Waals surface area contributed by atoms with Crippen LogP contribution in [-0.4, -0.2) is 20.9 Å². The highest BCUT2D eigenvalue weighted by atomic mass is 32.1. The van der Waals surface area contributed by atoms with Gasteiger partial charge in [0.25, 0.3) is 5.56 Å². The third kappa shape index (κ3) is 3.44. The van der Waals surface area contributed by atoms with Crippen molar-refractivity contribution in [2.24, 2.45) is 4.99 Å². The van der Waals surface area contributed by atoms with Crippen LogP contribution in [0.25, 0.3) is 5.69 Å². The van der Waals surface area contributed by atoms with Gasteiger partial charge in [0.05, 0.1) is 11.4 Å². The molecule has 5 nitrogen and oxygen atoms in total. The van der Waals surface area contributed by atoms with Gasteiger partial charge in [-0.25, -0.2) is 0 Å². The predicted octanol–water partition coefficient (Wildman–Crippen LogP) is 3.97. The third-order valence-electron chi connectivity index (χ3n) is 3.82. The highest BCUT2D eigenvalue weighted by Gasteiger charge is 2.13. The second-order valence-electron chi connectivity index (χ2n) is 5.72. The SMILES string of the molecule is Cc1cccc(N=Cc2c(O)n(-c3ccccc3C)c(=S)[nH]c2=O)c1. The molecule has 6 heteroatoms. The van der Waals surface area contributed by atoms with Crippen LogP contribution in [0, 0.1) is 18.6 Å². The van der Waals surface area contributed by atoms with Crippen molar-refractivity contribution < 1.29 is 5.11 Å². The van der Waals surface area contributed by atoms with Crippen LogP contribution in [0.5, 0.6) is 5.88 Å². The Bertz CT molecular complexity index is 1080. The monoisotopic (exact) mass is 351 g/mol. The number of aromatic amines is 1. The Morgan fingerprint density at radius 2 is 1.92 bits per heavy atom. The van der Waals surface area contributed by atoms with Crippen LogP contribution in [0.4, 0.5) is 5.69 Å². The lowest BCUT2D eigenvalue weighted by atomic mass is 10.2. The zero-order valence-corrected chi connectivity index (χ0v) is 14.7. The summed E-state index contributed by atoms with van der Waals surface area (Å²) in [5, 5.41) is 10.6. The average molecular weight is 351 g/mol. The molecule has 1 aromatic heterocycles. The lowest BCUT2D eigenvalue weighted by molar-refractivity contribution is 0.432. The number of aromatic hydroxyl groups is 1. The smallest absolute Gasteiger partial charge is 0.264 e. The summed E-state index contributed by atoms with van der Waals surface area (Å²) in [5.74, 6) is -0.237. The van der Waals surface area contributed by atoms with Crippen LogP contribution in [0.1, 0.15) is 16.7 Å². The van der Waals surface area contributed by atoms with Gasteiger partial charge in [-0.2, -0.15) is 0 Å². The van der Waals surface area contributed by atoms with E-state index in [4.69, 9.17) is 12.2 Å². The summed E-state index contributed by atoms with van der Waals surface area (Å²) < 4.78 is 1.56. The molecule has 0 fully saturated rings. The number of nitrogens with zero attached hydrogens (tertiary/aromatic N) is 2. The van der Waals surface area contributed by atoms with Crippen LogP contribution in [-0.2, 0) is 0 Å². The molecule has 0 saturated heterocycles. The molecule has 126 valence electrons. The molecule has 0 unspecified atom stereocenters. The maximum atomic E-state index is 12.2. The second kappa shape index (κ2) is 6.86. The van der Waals surface area contributed by atoms with E-state index >= 15 is 0 Å². The maximum absolute atomic E-state index is 12.2. The zero-order chi connectivity index (χ0) is 18.0. The summed E-state index contributed by atoms with van der Waals surface area (Å²) in [4.78, 5) is 19.1. The summed E-state index contributed by atoms with van der Waals surface area (Å²) in [5.41, 5.74) is 2.95. The van der Waals surface area contributed by atoms with Crippen LogP contribution in [0.15, 0.2) is 58.3 Å². The van der Waals surface area contributed by atoms with Crippen molar-refractivity contribution in [3.8, 4) is 11.6 Å². The zero-order valence-electron chi connectivity index (χ0n) is 13.9. The first-order valence-electron chi connectivity index (χ1n) is 7.72. The minimum Gasteiger partial charge on any atom is -0.494 e. The van der Waals surface area contributed by atoms with Crippen molar-refractivity contribution in [3.63, 3.8) is 0 Å². The number of benzene rings is 2. The molecule has 25 heavy (non-hydrogen) atoms. The van der Waals surface area contributed by atoms with E-state index in [9.17, 15) is 9.90 Å².